The van der Waals surface area contributed by atoms with Gasteiger partial charge in [0.2, 0.25) is 5.91 Å². The number of ether oxygens (including phenoxy) is 1. The molecule has 0 unspecified atom stereocenters. The van der Waals surface area contributed by atoms with Crippen molar-refractivity contribution in [2.75, 3.05) is 32.1 Å². The lowest BCUT2D eigenvalue weighted by atomic mass is 10.2. The summed E-state index contributed by atoms with van der Waals surface area (Å²) >= 11 is 0. The van der Waals surface area contributed by atoms with E-state index in [0.717, 1.165) is 43.7 Å². The Hall–Kier alpha value is -1.59. The minimum atomic E-state index is -0.0615. The van der Waals surface area contributed by atoms with Crippen molar-refractivity contribution < 1.29 is 14.6 Å². The number of hydrogen-bond acceptors (Lipinski definition) is 4. The highest BCUT2D eigenvalue weighted by Crippen LogP contribution is 2.16. The third-order valence-corrected chi connectivity index (χ3v) is 2.90. The highest BCUT2D eigenvalue weighted by Gasteiger charge is 2.02. The first-order chi connectivity index (χ1) is 9.76. The molecule has 0 aliphatic heterocycles. The molecule has 0 saturated heterocycles. The van der Waals surface area contributed by atoms with Crippen LogP contribution in [0.5, 0.6) is 5.75 Å². The molecular weight excluding hydrogens is 256 g/mol. The third-order valence-electron chi connectivity index (χ3n) is 2.90. The van der Waals surface area contributed by atoms with E-state index in [0.29, 0.717) is 6.54 Å². The first-order valence-corrected chi connectivity index (χ1v) is 7.01. The Balaban J connectivity index is 2.13. The lowest BCUT2D eigenvalue weighted by Gasteiger charge is -2.08. The van der Waals surface area contributed by atoms with Crippen molar-refractivity contribution in [3.63, 3.8) is 0 Å². The number of carbonyl (C=O) groups excluding carboxylic acids is 1. The zero-order valence-electron chi connectivity index (χ0n) is 12.0. The average Bonchev–Trinajstić information content (AvgIpc) is 2.46. The summed E-state index contributed by atoms with van der Waals surface area (Å²) in [7, 11) is 1.60. The SMILES string of the molecule is COc1cccc(NC(=O)CNCCCCCCO)c1. The molecule has 0 aromatic heterocycles. The molecule has 1 aromatic rings. The number of methoxy groups -OCH3 is 1. The van der Waals surface area contributed by atoms with E-state index >= 15 is 0 Å². The van der Waals surface area contributed by atoms with Crippen LogP contribution in [0.15, 0.2) is 24.3 Å². The summed E-state index contributed by atoms with van der Waals surface area (Å²) in [5, 5.41) is 14.6. The predicted molar refractivity (Wildman–Crippen MR) is 80.0 cm³/mol. The van der Waals surface area contributed by atoms with Crippen molar-refractivity contribution in [3.8, 4) is 5.75 Å². The van der Waals surface area contributed by atoms with Crippen molar-refractivity contribution in [1.82, 2.24) is 5.32 Å². The average molecular weight is 280 g/mol. The van der Waals surface area contributed by atoms with Gasteiger partial charge in [0.05, 0.1) is 13.7 Å². The fourth-order valence-corrected chi connectivity index (χ4v) is 1.82. The molecule has 5 nitrogen and oxygen atoms in total. The van der Waals surface area contributed by atoms with Crippen molar-refractivity contribution >= 4 is 11.6 Å². The van der Waals surface area contributed by atoms with Crippen LogP contribution in [0, 0.1) is 0 Å². The quantitative estimate of drug-likeness (QED) is 0.571. The first kappa shape index (κ1) is 16.5. The number of benzene rings is 1. The van der Waals surface area contributed by atoms with Gasteiger partial charge in [0.25, 0.3) is 0 Å². The summed E-state index contributed by atoms with van der Waals surface area (Å²) in [4.78, 5) is 11.7. The van der Waals surface area contributed by atoms with E-state index in [9.17, 15) is 4.79 Å². The number of aliphatic hydroxyl groups is 1. The number of hydrogen-bond donors (Lipinski definition) is 3. The van der Waals surface area contributed by atoms with Crippen molar-refractivity contribution in [1.29, 1.82) is 0 Å². The normalized spacial score (nSPS) is 10.3. The van der Waals surface area contributed by atoms with Gasteiger partial charge in [0, 0.05) is 18.4 Å². The molecule has 1 aromatic carbocycles. The van der Waals surface area contributed by atoms with Crippen molar-refractivity contribution in [2.24, 2.45) is 0 Å². The highest BCUT2D eigenvalue weighted by molar-refractivity contribution is 5.92. The molecule has 5 heteroatoms. The molecule has 20 heavy (non-hydrogen) atoms. The van der Waals surface area contributed by atoms with Crippen LogP contribution in [0.3, 0.4) is 0 Å². The Morgan fingerprint density at radius 1 is 1.25 bits per heavy atom. The van der Waals surface area contributed by atoms with Crippen LogP contribution in [0.1, 0.15) is 25.7 Å². The van der Waals surface area contributed by atoms with Crippen LogP contribution in [-0.2, 0) is 4.79 Å². The summed E-state index contributed by atoms with van der Waals surface area (Å²) in [5.74, 6) is 0.660. The standard InChI is InChI=1S/C15H24N2O3/c1-20-14-8-6-7-13(11-14)17-15(19)12-16-9-4-2-3-5-10-18/h6-8,11,16,18H,2-5,9-10,12H2,1H3,(H,17,19). The van der Waals surface area contributed by atoms with E-state index < -0.39 is 0 Å². The summed E-state index contributed by atoms with van der Waals surface area (Å²) in [6, 6.07) is 7.28. The number of nitrogens with one attached hydrogen (secondary N) is 2. The summed E-state index contributed by atoms with van der Waals surface area (Å²) in [6.45, 7) is 1.38. The minimum Gasteiger partial charge on any atom is -0.497 e. The molecule has 0 spiro atoms. The highest BCUT2D eigenvalue weighted by atomic mass is 16.5. The van der Waals surface area contributed by atoms with Gasteiger partial charge in [-0.3, -0.25) is 4.79 Å². The van der Waals surface area contributed by atoms with E-state index in [2.05, 4.69) is 10.6 Å². The number of carbonyl (C=O) groups is 1. The van der Waals surface area contributed by atoms with Crippen LogP contribution in [-0.4, -0.2) is 37.8 Å². The topological polar surface area (TPSA) is 70.6 Å². The predicted octanol–water partition coefficient (Wildman–Crippen LogP) is 1.78. The van der Waals surface area contributed by atoms with E-state index in [-0.39, 0.29) is 12.5 Å². The minimum absolute atomic E-state index is 0.0615. The van der Waals surface area contributed by atoms with Crippen LogP contribution in [0.25, 0.3) is 0 Å². The maximum atomic E-state index is 11.7. The molecule has 0 radical (unpaired) electrons. The van der Waals surface area contributed by atoms with Crippen molar-refractivity contribution in [3.05, 3.63) is 24.3 Å². The van der Waals surface area contributed by atoms with Gasteiger partial charge in [-0.2, -0.15) is 0 Å². The Bertz CT molecular complexity index is 396. The zero-order valence-corrected chi connectivity index (χ0v) is 12.0. The molecule has 0 bridgehead atoms. The molecule has 0 aliphatic carbocycles. The molecule has 112 valence electrons. The fraction of sp³-hybridized carbons (Fsp3) is 0.533. The molecule has 0 aliphatic rings. The van der Waals surface area contributed by atoms with Crippen molar-refractivity contribution in [2.45, 2.75) is 25.7 Å². The van der Waals surface area contributed by atoms with Gasteiger partial charge >= 0.3 is 0 Å². The molecule has 1 rings (SSSR count). The van der Waals surface area contributed by atoms with E-state index in [1.54, 1.807) is 13.2 Å². The lowest BCUT2D eigenvalue weighted by Crippen LogP contribution is -2.28. The molecular formula is C15H24N2O3. The van der Waals surface area contributed by atoms with Crippen LogP contribution < -0.4 is 15.4 Å². The van der Waals surface area contributed by atoms with Crippen LogP contribution in [0.4, 0.5) is 5.69 Å². The summed E-state index contributed by atoms with van der Waals surface area (Å²) in [5.41, 5.74) is 0.735. The maximum absolute atomic E-state index is 11.7. The fourth-order valence-electron chi connectivity index (χ4n) is 1.82. The smallest absolute Gasteiger partial charge is 0.238 e. The second-order valence-electron chi connectivity index (χ2n) is 4.59. The zero-order chi connectivity index (χ0) is 14.6. The number of anilines is 1. The van der Waals surface area contributed by atoms with Gasteiger partial charge in [0.15, 0.2) is 0 Å². The number of aliphatic hydroxyl groups excluding tert-OH is 1. The molecule has 1 amide bonds. The van der Waals surface area contributed by atoms with Gasteiger partial charge in [0.1, 0.15) is 5.75 Å². The summed E-state index contributed by atoms with van der Waals surface area (Å²) < 4.78 is 5.10. The third kappa shape index (κ3) is 7.11. The first-order valence-electron chi connectivity index (χ1n) is 7.01. The van der Waals surface area contributed by atoms with Gasteiger partial charge in [-0.05, 0) is 31.5 Å². The number of rotatable bonds is 10. The van der Waals surface area contributed by atoms with Gasteiger partial charge in [-0.25, -0.2) is 0 Å². The van der Waals surface area contributed by atoms with Gasteiger partial charge < -0.3 is 20.5 Å². The monoisotopic (exact) mass is 280 g/mol. The molecule has 0 fully saturated rings. The van der Waals surface area contributed by atoms with E-state index in [4.69, 9.17) is 9.84 Å². The van der Waals surface area contributed by atoms with E-state index in [1.807, 2.05) is 18.2 Å². The molecule has 3 N–H and O–H groups in total. The second-order valence-corrected chi connectivity index (χ2v) is 4.59. The maximum Gasteiger partial charge on any atom is 0.238 e. The Morgan fingerprint density at radius 3 is 2.80 bits per heavy atom. The molecule has 0 atom stereocenters. The lowest BCUT2D eigenvalue weighted by molar-refractivity contribution is -0.115. The number of amides is 1. The Morgan fingerprint density at radius 2 is 2.05 bits per heavy atom. The summed E-state index contributed by atoms with van der Waals surface area (Å²) in [6.07, 6.45) is 3.99. The Kier molecular flexibility index (Phi) is 8.42. The molecule has 0 saturated carbocycles. The molecule has 0 heterocycles. The van der Waals surface area contributed by atoms with Crippen LogP contribution in [0.2, 0.25) is 0 Å². The second kappa shape index (κ2) is 10.2. The Labute approximate surface area is 120 Å². The van der Waals surface area contributed by atoms with Gasteiger partial charge in [-0.1, -0.05) is 18.9 Å². The van der Waals surface area contributed by atoms with Gasteiger partial charge in [-0.15, -0.1) is 0 Å². The van der Waals surface area contributed by atoms with E-state index in [1.165, 1.54) is 0 Å². The number of unbranched alkanes of at least 4 members (excludes halogenated alkanes) is 3. The largest absolute Gasteiger partial charge is 0.497 e. The van der Waals surface area contributed by atoms with Crippen LogP contribution >= 0.6 is 0 Å².